The Labute approximate surface area is 171 Å². The molecule has 3 rings (SSSR count). The second-order valence-electron chi connectivity index (χ2n) is 5.73. The van der Waals surface area contributed by atoms with Gasteiger partial charge in [-0.1, -0.05) is 0 Å². The van der Waals surface area contributed by atoms with Crippen LogP contribution in [0.15, 0.2) is 35.2 Å². The Balaban J connectivity index is 1.56. The van der Waals surface area contributed by atoms with Crippen molar-refractivity contribution >= 4 is 39.0 Å². The van der Waals surface area contributed by atoms with Gasteiger partial charge in [-0.05, 0) is 30.3 Å². The quantitative estimate of drug-likeness (QED) is 0.277. The number of aliphatic hydroxyl groups excluding tert-OH is 1. The lowest BCUT2D eigenvalue weighted by molar-refractivity contribution is 0.0377. The number of hydrogen-bond acceptors (Lipinski definition) is 8. The first-order valence-electron chi connectivity index (χ1n) is 8.85. The van der Waals surface area contributed by atoms with Crippen LogP contribution in [0.5, 0.6) is 0 Å². The summed E-state index contributed by atoms with van der Waals surface area (Å²) < 4.78 is 25.6. The van der Waals surface area contributed by atoms with Gasteiger partial charge in [-0.3, -0.25) is 0 Å². The van der Waals surface area contributed by atoms with Crippen molar-refractivity contribution in [3.63, 3.8) is 0 Å². The summed E-state index contributed by atoms with van der Waals surface area (Å²) in [7, 11) is 1.66. The Morgan fingerprint density at radius 2 is 1.93 bits per heavy atom. The molecule has 0 aliphatic heterocycles. The SMILES string of the molecule is CNc1ccc(-c2nc3ccc(SCCOCCOCCO)cc3s2)nc1[18F]. The summed E-state index contributed by atoms with van der Waals surface area (Å²) in [6, 6.07) is 9.52. The summed E-state index contributed by atoms with van der Waals surface area (Å²) in [4.78, 5) is 9.70. The highest BCUT2D eigenvalue weighted by atomic mass is 32.2. The smallest absolute Gasteiger partial charge is 0.236 e. The van der Waals surface area contributed by atoms with Crippen molar-refractivity contribution < 1.29 is 19.0 Å². The van der Waals surface area contributed by atoms with Crippen molar-refractivity contribution in [1.82, 2.24) is 9.97 Å². The number of thiazole rings is 1. The Morgan fingerprint density at radius 1 is 1.11 bits per heavy atom. The molecule has 0 fully saturated rings. The minimum Gasteiger partial charge on any atom is -0.394 e. The second-order valence-corrected chi connectivity index (χ2v) is 7.93. The third kappa shape index (κ3) is 5.62. The maximum atomic E-state index is 13.9. The van der Waals surface area contributed by atoms with Crippen LogP contribution in [-0.2, 0) is 9.47 Å². The predicted molar refractivity (Wildman–Crippen MR) is 112 cm³/mol. The molecule has 0 spiro atoms. The normalized spacial score (nSPS) is 11.2. The average molecular weight is 423 g/mol. The molecule has 2 N–H and O–H groups in total. The number of anilines is 1. The van der Waals surface area contributed by atoms with E-state index in [1.165, 1.54) is 11.3 Å². The molecule has 150 valence electrons. The minimum atomic E-state index is -0.530. The van der Waals surface area contributed by atoms with Gasteiger partial charge in [0.15, 0.2) is 0 Å². The van der Waals surface area contributed by atoms with Gasteiger partial charge in [0.1, 0.15) is 10.7 Å². The number of nitrogens with zero attached hydrogens (tertiary/aromatic N) is 2. The standard InChI is InChI=1S/C19H22FN3O3S2/c1-21-15-4-5-16(22-18(15)20)19-23-14-3-2-13(12-17(14)28-19)27-11-10-26-9-8-25-7-6-24/h2-5,12,21,24H,6-11H2,1H3/i20-1. The average Bonchev–Trinajstić information content (AvgIpc) is 3.13. The second kappa shape index (κ2) is 10.7. The van der Waals surface area contributed by atoms with E-state index in [-0.39, 0.29) is 6.61 Å². The molecule has 0 aliphatic carbocycles. The maximum Gasteiger partial charge on any atom is 0.236 e. The minimum absolute atomic E-state index is 0.0316. The number of nitrogens with one attached hydrogen (secondary N) is 1. The number of fused-ring (bicyclic) bond motifs is 1. The summed E-state index contributed by atoms with van der Waals surface area (Å²) in [6.07, 6.45) is 0. The molecule has 0 aliphatic rings. The molecule has 6 nitrogen and oxygen atoms in total. The molecular weight excluding hydrogens is 400 g/mol. The van der Waals surface area contributed by atoms with Crippen molar-refractivity contribution in [2.45, 2.75) is 4.90 Å². The van der Waals surface area contributed by atoms with Gasteiger partial charge < -0.3 is 19.9 Å². The highest BCUT2D eigenvalue weighted by molar-refractivity contribution is 7.99. The number of rotatable bonds is 11. The first kappa shape index (κ1) is 20.9. The number of thioether (sulfide) groups is 1. The first-order valence-corrected chi connectivity index (χ1v) is 10.7. The molecule has 0 radical (unpaired) electrons. The summed E-state index contributed by atoms with van der Waals surface area (Å²) in [5, 5.41) is 12.1. The van der Waals surface area contributed by atoms with Gasteiger partial charge in [-0.2, -0.15) is 4.39 Å². The number of aromatic nitrogens is 2. The number of aliphatic hydroxyl groups is 1. The van der Waals surface area contributed by atoms with E-state index in [4.69, 9.17) is 14.6 Å². The first-order chi connectivity index (χ1) is 13.7. The molecule has 1 aromatic carbocycles. The largest absolute Gasteiger partial charge is 0.394 e. The topological polar surface area (TPSA) is 76.5 Å². The van der Waals surface area contributed by atoms with Gasteiger partial charge in [0.2, 0.25) is 5.95 Å². The molecule has 0 atom stereocenters. The Hall–Kier alpha value is -1.78. The Kier molecular flexibility index (Phi) is 7.99. The van der Waals surface area contributed by atoms with Gasteiger partial charge in [-0.25, -0.2) is 9.97 Å². The number of halogens is 1. The van der Waals surface area contributed by atoms with E-state index in [1.54, 1.807) is 30.9 Å². The van der Waals surface area contributed by atoms with E-state index in [0.29, 0.717) is 42.8 Å². The molecule has 2 heterocycles. The summed E-state index contributed by atoms with van der Waals surface area (Å²) in [6.45, 7) is 2.01. The molecule has 0 amide bonds. The van der Waals surface area contributed by atoms with Gasteiger partial charge in [0, 0.05) is 17.7 Å². The number of ether oxygens (including phenoxy) is 2. The van der Waals surface area contributed by atoms with Crippen LogP contribution in [0, 0.1) is 5.95 Å². The van der Waals surface area contributed by atoms with E-state index >= 15 is 0 Å². The monoisotopic (exact) mass is 422 g/mol. The molecule has 0 saturated carbocycles. The lowest BCUT2D eigenvalue weighted by atomic mass is 10.3. The van der Waals surface area contributed by atoms with Crippen LogP contribution in [0.4, 0.5) is 10.1 Å². The van der Waals surface area contributed by atoms with Crippen LogP contribution in [0.25, 0.3) is 20.9 Å². The zero-order valence-electron chi connectivity index (χ0n) is 15.5. The van der Waals surface area contributed by atoms with Crippen molar-refractivity contribution in [2.24, 2.45) is 0 Å². The summed E-state index contributed by atoms with van der Waals surface area (Å²) in [5.41, 5.74) is 1.77. The lowest BCUT2D eigenvalue weighted by Gasteiger charge is -2.05. The highest BCUT2D eigenvalue weighted by Crippen LogP contribution is 2.32. The zero-order valence-corrected chi connectivity index (χ0v) is 17.1. The third-order valence-corrected chi connectivity index (χ3v) is 5.80. The van der Waals surface area contributed by atoms with E-state index in [9.17, 15) is 4.39 Å². The zero-order chi connectivity index (χ0) is 19.8. The van der Waals surface area contributed by atoms with Crippen molar-refractivity contribution in [1.29, 1.82) is 0 Å². The molecule has 9 heteroatoms. The molecular formula is C19H22FN3O3S2. The van der Waals surface area contributed by atoms with Crippen LogP contribution < -0.4 is 5.32 Å². The molecule has 0 bridgehead atoms. The molecule has 0 saturated heterocycles. The van der Waals surface area contributed by atoms with Crippen LogP contribution in [-0.4, -0.2) is 60.9 Å². The number of benzene rings is 1. The van der Waals surface area contributed by atoms with Gasteiger partial charge in [0.05, 0.1) is 48.9 Å². The third-order valence-electron chi connectivity index (χ3n) is 3.80. The van der Waals surface area contributed by atoms with Crippen molar-refractivity contribution in [3.05, 3.63) is 36.3 Å². The van der Waals surface area contributed by atoms with Crippen LogP contribution in [0.2, 0.25) is 0 Å². The Morgan fingerprint density at radius 3 is 2.68 bits per heavy atom. The molecule has 3 aromatic rings. The lowest BCUT2D eigenvalue weighted by Crippen LogP contribution is -2.08. The fourth-order valence-corrected chi connectivity index (χ4v) is 4.30. The maximum absolute atomic E-state index is 13.9. The van der Waals surface area contributed by atoms with Gasteiger partial charge in [-0.15, -0.1) is 23.1 Å². The highest BCUT2D eigenvalue weighted by Gasteiger charge is 2.11. The van der Waals surface area contributed by atoms with Gasteiger partial charge in [0.25, 0.3) is 0 Å². The van der Waals surface area contributed by atoms with Crippen molar-refractivity contribution in [2.75, 3.05) is 51.2 Å². The van der Waals surface area contributed by atoms with E-state index in [2.05, 4.69) is 21.4 Å². The van der Waals surface area contributed by atoms with E-state index in [0.717, 1.165) is 20.9 Å². The van der Waals surface area contributed by atoms with Crippen molar-refractivity contribution in [3.8, 4) is 10.7 Å². The molecule has 2 aromatic heterocycles. The molecule has 28 heavy (non-hydrogen) atoms. The predicted octanol–water partition coefficient (Wildman–Crippen LogP) is 3.66. The van der Waals surface area contributed by atoms with E-state index < -0.39 is 5.95 Å². The van der Waals surface area contributed by atoms with Crippen LogP contribution in [0.1, 0.15) is 0 Å². The summed E-state index contributed by atoms with van der Waals surface area (Å²) in [5.74, 6) is 0.298. The van der Waals surface area contributed by atoms with Crippen LogP contribution >= 0.6 is 23.1 Å². The Bertz CT molecular complexity index is 907. The van der Waals surface area contributed by atoms with E-state index in [1.807, 2.05) is 12.1 Å². The number of hydrogen-bond donors (Lipinski definition) is 2. The molecule has 0 unspecified atom stereocenters. The van der Waals surface area contributed by atoms with Gasteiger partial charge >= 0.3 is 0 Å². The fraction of sp³-hybridized carbons (Fsp3) is 0.368. The van der Waals surface area contributed by atoms with Crippen LogP contribution in [0.3, 0.4) is 0 Å². The summed E-state index contributed by atoms with van der Waals surface area (Å²) >= 11 is 3.20. The fourth-order valence-electron chi connectivity index (χ4n) is 2.45. The number of pyridine rings is 1.